The lowest BCUT2D eigenvalue weighted by atomic mass is 10.0. The zero-order chi connectivity index (χ0) is 14.3. The van der Waals surface area contributed by atoms with Crippen molar-refractivity contribution >= 4 is 15.9 Å². The van der Waals surface area contributed by atoms with E-state index in [1.165, 1.54) is 24.2 Å². The highest BCUT2D eigenvalue weighted by Gasteiger charge is 2.21. The number of hydrogen-bond acceptors (Lipinski definition) is 4. The molecule has 0 aromatic heterocycles. The number of nitrogens with one attached hydrogen (secondary N) is 2. The molecule has 1 amide bonds. The third kappa shape index (κ3) is 5.88. The summed E-state index contributed by atoms with van der Waals surface area (Å²) in [5, 5.41) is 5.83. The average molecular weight is 291 g/mol. The van der Waals surface area contributed by atoms with Crippen LogP contribution < -0.4 is 10.6 Å². The summed E-state index contributed by atoms with van der Waals surface area (Å²) >= 11 is 0. The van der Waals surface area contributed by atoms with Crippen molar-refractivity contribution in [2.24, 2.45) is 0 Å². The van der Waals surface area contributed by atoms with Crippen LogP contribution in [-0.2, 0) is 14.8 Å². The number of amides is 1. The fourth-order valence-electron chi connectivity index (χ4n) is 2.14. The summed E-state index contributed by atoms with van der Waals surface area (Å²) in [6, 6.07) is 0.316. The van der Waals surface area contributed by atoms with Gasteiger partial charge >= 0.3 is 0 Å². The van der Waals surface area contributed by atoms with Crippen molar-refractivity contribution in [3.63, 3.8) is 0 Å². The average Bonchev–Trinajstić information content (AvgIpc) is 2.43. The van der Waals surface area contributed by atoms with E-state index in [-0.39, 0.29) is 24.6 Å². The molecular formula is C12H25N3O3S. The Bertz CT molecular complexity index is 378. The van der Waals surface area contributed by atoms with Crippen molar-refractivity contribution in [2.75, 3.05) is 32.9 Å². The highest BCUT2D eigenvalue weighted by atomic mass is 32.2. The summed E-state index contributed by atoms with van der Waals surface area (Å²) in [7, 11) is -0.169. The summed E-state index contributed by atoms with van der Waals surface area (Å²) in [5.41, 5.74) is 0. The predicted octanol–water partition coefficient (Wildman–Crippen LogP) is -0.0837. The molecule has 1 aliphatic rings. The quantitative estimate of drug-likeness (QED) is 0.687. The second-order valence-corrected chi connectivity index (χ2v) is 7.19. The minimum Gasteiger partial charge on any atom is -0.359 e. The van der Waals surface area contributed by atoms with E-state index in [1.54, 1.807) is 7.05 Å². The molecule has 1 aliphatic heterocycles. The normalized spacial score (nSPS) is 20.5. The first kappa shape index (κ1) is 16.4. The minimum absolute atomic E-state index is 0.143. The summed E-state index contributed by atoms with van der Waals surface area (Å²) in [6.45, 7) is 1.22. The van der Waals surface area contributed by atoms with Gasteiger partial charge in [0.25, 0.3) is 0 Å². The summed E-state index contributed by atoms with van der Waals surface area (Å²) in [4.78, 5) is 11.1. The van der Waals surface area contributed by atoms with Crippen LogP contribution in [0.1, 0.15) is 32.1 Å². The summed E-state index contributed by atoms with van der Waals surface area (Å²) < 4.78 is 25.4. The van der Waals surface area contributed by atoms with Crippen molar-refractivity contribution in [1.82, 2.24) is 14.9 Å². The Kier molecular flexibility index (Phi) is 6.74. The number of carbonyl (C=O) groups excluding carboxylic acids is 1. The molecule has 19 heavy (non-hydrogen) atoms. The lowest BCUT2D eigenvalue weighted by Crippen LogP contribution is -2.38. The Hall–Kier alpha value is -0.660. The Morgan fingerprint density at radius 3 is 2.74 bits per heavy atom. The molecular weight excluding hydrogens is 266 g/mol. The fourth-order valence-corrected chi connectivity index (χ4v) is 3.40. The zero-order valence-electron chi connectivity index (χ0n) is 11.8. The van der Waals surface area contributed by atoms with Crippen LogP contribution in [0.3, 0.4) is 0 Å². The van der Waals surface area contributed by atoms with Crippen LogP contribution in [0.15, 0.2) is 0 Å². The van der Waals surface area contributed by atoms with Crippen molar-refractivity contribution < 1.29 is 13.2 Å². The fraction of sp³-hybridized carbons (Fsp3) is 0.917. The Balaban J connectivity index is 2.34. The molecule has 7 heteroatoms. The molecule has 0 radical (unpaired) electrons. The third-order valence-electron chi connectivity index (χ3n) is 3.54. The van der Waals surface area contributed by atoms with E-state index in [1.807, 2.05) is 0 Å². The third-order valence-corrected chi connectivity index (χ3v) is 5.43. The maximum absolute atomic E-state index is 12.0. The Morgan fingerprint density at radius 1 is 1.42 bits per heavy atom. The van der Waals surface area contributed by atoms with Gasteiger partial charge in [-0.3, -0.25) is 4.79 Å². The van der Waals surface area contributed by atoms with E-state index < -0.39 is 10.0 Å². The van der Waals surface area contributed by atoms with Crippen LogP contribution >= 0.6 is 0 Å². The molecule has 2 N–H and O–H groups in total. The highest BCUT2D eigenvalue weighted by Crippen LogP contribution is 2.12. The van der Waals surface area contributed by atoms with Crippen LogP contribution in [0.5, 0.6) is 0 Å². The Labute approximate surface area is 116 Å². The first-order valence-corrected chi connectivity index (χ1v) is 8.44. The number of nitrogens with zero attached hydrogens (tertiary/aromatic N) is 1. The molecule has 0 aromatic rings. The van der Waals surface area contributed by atoms with E-state index >= 15 is 0 Å². The molecule has 0 bridgehead atoms. The van der Waals surface area contributed by atoms with E-state index in [0.717, 1.165) is 13.0 Å². The van der Waals surface area contributed by atoms with Crippen molar-refractivity contribution in [3.8, 4) is 0 Å². The summed E-state index contributed by atoms with van der Waals surface area (Å²) in [5.74, 6) is 0.00513. The van der Waals surface area contributed by atoms with Crippen molar-refractivity contribution in [2.45, 2.75) is 38.1 Å². The first-order valence-electron chi connectivity index (χ1n) is 6.83. The van der Waals surface area contributed by atoms with Gasteiger partial charge in [-0.2, -0.15) is 0 Å². The molecule has 112 valence electrons. The van der Waals surface area contributed by atoms with Gasteiger partial charge in [0.15, 0.2) is 0 Å². The van der Waals surface area contributed by atoms with Crippen molar-refractivity contribution in [3.05, 3.63) is 0 Å². The molecule has 1 atom stereocenters. The van der Waals surface area contributed by atoms with Gasteiger partial charge in [-0.1, -0.05) is 6.42 Å². The molecule has 6 nitrogen and oxygen atoms in total. The Morgan fingerprint density at radius 2 is 2.16 bits per heavy atom. The zero-order valence-corrected chi connectivity index (χ0v) is 12.6. The van der Waals surface area contributed by atoms with Gasteiger partial charge in [-0.05, 0) is 25.8 Å². The van der Waals surface area contributed by atoms with Crippen LogP contribution in [-0.4, -0.2) is 57.6 Å². The maximum atomic E-state index is 12.0. The lowest BCUT2D eigenvalue weighted by Gasteiger charge is -2.24. The molecule has 0 aliphatic carbocycles. The van der Waals surface area contributed by atoms with Gasteiger partial charge in [-0.15, -0.1) is 0 Å². The number of rotatable bonds is 7. The van der Waals surface area contributed by atoms with Crippen LogP contribution in [0, 0.1) is 0 Å². The largest absolute Gasteiger partial charge is 0.359 e. The second-order valence-electron chi connectivity index (χ2n) is 5.00. The second kappa shape index (κ2) is 7.81. The van der Waals surface area contributed by atoms with Gasteiger partial charge in [0.2, 0.25) is 15.9 Å². The smallest absolute Gasteiger partial charge is 0.221 e. The van der Waals surface area contributed by atoms with Gasteiger partial charge in [-0.25, -0.2) is 12.7 Å². The molecule has 1 saturated heterocycles. The SMILES string of the molecule is CNC(=O)CCN(C)S(=O)(=O)CCC1CCCCN1. The van der Waals surface area contributed by atoms with E-state index in [2.05, 4.69) is 10.6 Å². The molecule has 1 heterocycles. The molecule has 1 rings (SSSR count). The van der Waals surface area contributed by atoms with Crippen molar-refractivity contribution in [1.29, 1.82) is 0 Å². The molecule has 1 fully saturated rings. The van der Waals surface area contributed by atoms with Gasteiger partial charge in [0.1, 0.15) is 0 Å². The number of sulfonamides is 1. The van der Waals surface area contributed by atoms with Crippen LogP contribution in [0.25, 0.3) is 0 Å². The molecule has 0 spiro atoms. The standard InChI is InChI=1S/C12H25N3O3S/c1-13-12(16)6-9-15(2)19(17,18)10-7-11-5-3-4-8-14-11/h11,14H,3-10H2,1-2H3,(H,13,16). The number of carbonyl (C=O) groups is 1. The molecule has 1 unspecified atom stereocenters. The van der Waals surface area contributed by atoms with E-state index in [9.17, 15) is 13.2 Å². The number of piperidine rings is 1. The highest BCUT2D eigenvalue weighted by molar-refractivity contribution is 7.89. The van der Waals surface area contributed by atoms with E-state index in [4.69, 9.17) is 0 Å². The first-order chi connectivity index (χ1) is 8.95. The van der Waals surface area contributed by atoms with Crippen LogP contribution in [0.2, 0.25) is 0 Å². The molecule has 0 saturated carbocycles. The van der Waals surface area contributed by atoms with E-state index in [0.29, 0.717) is 12.5 Å². The predicted molar refractivity (Wildman–Crippen MR) is 75.4 cm³/mol. The maximum Gasteiger partial charge on any atom is 0.221 e. The minimum atomic E-state index is -3.25. The van der Waals surface area contributed by atoms with Gasteiger partial charge in [0.05, 0.1) is 5.75 Å². The van der Waals surface area contributed by atoms with Crippen LogP contribution in [0.4, 0.5) is 0 Å². The molecule has 0 aromatic carbocycles. The summed E-state index contributed by atoms with van der Waals surface area (Å²) in [6.07, 6.45) is 4.25. The lowest BCUT2D eigenvalue weighted by molar-refractivity contribution is -0.120. The van der Waals surface area contributed by atoms with Gasteiger partial charge in [0, 0.05) is 33.1 Å². The van der Waals surface area contributed by atoms with Gasteiger partial charge < -0.3 is 10.6 Å². The topological polar surface area (TPSA) is 78.5 Å². The number of hydrogen-bond donors (Lipinski definition) is 2. The monoisotopic (exact) mass is 291 g/mol.